The zero-order valence-electron chi connectivity index (χ0n) is 10.4. The van der Waals surface area contributed by atoms with E-state index in [4.69, 9.17) is 22.6 Å². The summed E-state index contributed by atoms with van der Waals surface area (Å²) in [7, 11) is -3.84. The molecule has 1 atom stereocenters. The quantitative estimate of drug-likeness (QED) is 0.893. The lowest BCUT2D eigenvalue weighted by molar-refractivity contribution is -0.121. The highest BCUT2D eigenvalue weighted by molar-refractivity contribution is 7.89. The van der Waals surface area contributed by atoms with Crippen LogP contribution in [0.2, 0.25) is 5.02 Å². The number of hydrogen-bond acceptors (Lipinski definition) is 4. The van der Waals surface area contributed by atoms with E-state index in [1.54, 1.807) is 0 Å². The minimum absolute atomic E-state index is 0.0466. The molecule has 0 bridgehead atoms. The zero-order chi connectivity index (χ0) is 14.9. The average molecular weight is 314 g/mol. The highest BCUT2D eigenvalue weighted by Gasteiger charge is 2.38. The summed E-state index contributed by atoms with van der Waals surface area (Å²) in [5.41, 5.74) is 5.42. The maximum atomic E-state index is 12.5. The van der Waals surface area contributed by atoms with Gasteiger partial charge in [0, 0.05) is 6.54 Å². The third kappa shape index (κ3) is 2.50. The van der Waals surface area contributed by atoms with Crippen LogP contribution in [-0.4, -0.2) is 31.2 Å². The highest BCUT2D eigenvalue weighted by Crippen LogP contribution is 2.28. The van der Waals surface area contributed by atoms with Crippen LogP contribution >= 0.6 is 11.6 Å². The second-order valence-corrected chi connectivity index (χ2v) is 6.73. The van der Waals surface area contributed by atoms with E-state index in [2.05, 4.69) is 0 Å². The lowest BCUT2D eigenvalue weighted by Gasteiger charge is -2.21. The highest BCUT2D eigenvalue weighted by atomic mass is 35.5. The molecule has 1 saturated heterocycles. The van der Waals surface area contributed by atoms with Crippen LogP contribution in [0, 0.1) is 11.3 Å². The molecule has 0 spiro atoms. The van der Waals surface area contributed by atoms with E-state index in [0.29, 0.717) is 12.8 Å². The summed E-state index contributed by atoms with van der Waals surface area (Å²) in [5, 5.41) is 8.84. The van der Waals surface area contributed by atoms with Gasteiger partial charge in [-0.25, -0.2) is 8.42 Å². The molecule has 1 aliphatic rings. The standard InChI is InChI=1S/C12H12ClN3O3S/c13-10-6-9(4-3-8(10)7-14)20(18,19)16-5-1-2-11(16)12(15)17/h3-4,6,11H,1-2,5H2,(H2,15,17). The number of nitrogens with zero attached hydrogens (tertiary/aromatic N) is 2. The largest absolute Gasteiger partial charge is 0.368 e. The Morgan fingerprint density at radius 2 is 2.20 bits per heavy atom. The number of carbonyl (C=O) groups excluding carboxylic acids is 1. The SMILES string of the molecule is N#Cc1ccc(S(=O)(=O)N2CCCC2C(N)=O)cc1Cl. The molecule has 1 aromatic carbocycles. The van der Waals surface area contributed by atoms with Crippen LogP contribution < -0.4 is 5.73 Å². The van der Waals surface area contributed by atoms with Gasteiger partial charge in [-0.2, -0.15) is 9.57 Å². The Morgan fingerprint density at radius 3 is 2.75 bits per heavy atom. The van der Waals surface area contributed by atoms with Crippen molar-refractivity contribution >= 4 is 27.5 Å². The minimum atomic E-state index is -3.84. The first-order valence-electron chi connectivity index (χ1n) is 5.88. The van der Waals surface area contributed by atoms with E-state index in [1.165, 1.54) is 18.2 Å². The number of primary amides is 1. The van der Waals surface area contributed by atoms with E-state index >= 15 is 0 Å². The number of sulfonamides is 1. The normalized spacial score (nSPS) is 19.7. The van der Waals surface area contributed by atoms with Gasteiger partial charge >= 0.3 is 0 Å². The molecule has 106 valence electrons. The molecular formula is C12H12ClN3O3S. The van der Waals surface area contributed by atoms with E-state index in [9.17, 15) is 13.2 Å². The van der Waals surface area contributed by atoms with E-state index in [1.807, 2.05) is 6.07 Å². The fraction of sp³-hybridized carbons (Fsp3) is 0.333. The van der Waals surface area contributed by atoms with Gasteiger partial charge in [0.15, 0.2) is 0 Å². The monoisotopic (exact) mass is 313 g/mol. The molecule has 0 aromatic heterocycles. The smallest absolute Gasteiger partial charge is 0.243 e. The zero-order valence-corrected chi connectivity index (χ0v) is 12.0. The molecular weight excluding hydrogens is 302 g/mol. The summed E-state index contributed by atoms with van der Waals surface area (Å²) in [6.07, 6.45) is 0.995. The maximum Gasteiger partial charge on any atom is 0.243 e. The summed E-state index contributed by atoms with van der Waals surface area (Å²) in [6.45, 7) is 0.244. The van der Waals surface area contributed by atoms with Crippen molar-refractivity contribution in [1.29, 1.82) is 5.26 Å². The van der Waals surface area contributed by atoms with Gasteiger partial charge in [0.05, 0.1) is 15.5 Å². The molecule has 1 fully saturated rings. The molecule has 20 heavy (non-hydrogen) atoms. The topological polar surface area (TPSA) is 104 Å². The molecule has 0 saturated carbocycles. The van der Waals surface area contributed by atoms with Crippen LogP contribution in [-0.2, 0) is 14.8 Å². The Bertz CT molecular complexity index is 696. The number of benzene rings is 1. The Hall–Kier alpha value is -1.62. The van der Waals surface area contributed by atoms with Crippen LogP contribution in [0.5, 0.6) is 0 Å². The Morgan fingerprint density at radius 1 is 1.50 bits per heavy atom. The number of hydrogen-bond donors (Lipinski definition) is 1. The average Bonchev–Trinajstić information content (AvgIpc) is 2.88. The maximum absolute atomic E-state index is 12.5. The van der Waals surface area contributed by atoms with Crippen molar-refractivity contribution in [2.75, 3.05) is 6.54 Å². The second kappa shape index (κ2) is 5.40. The molecule has 0 aliphatic carbocycles. The number of nitrogens with two attached hydrogens (primary N) is 1. The number of nitriles is 1. The Kier molecular flexibility index (Phi) is 3.99. The van der Waals surface area contributed by atoms with Crippen molar-refractivity contribution in [1.82, 2.24) is 4.31 Å². The molecule has 1 aromatic rings. The van der Waals surface area contributed by atoms with Crippen LogP contribution in [0.25, 0.3) is 0 Å². The molecule has 2 rings (SSSR count). The first-order valence-corrected chi connectivity index (χ1v) is 7.70. The molecule has 1 unspecified atom stereocenters. The van der Waals surface area contributed by atoms with E-state index in [-0.39, 0.29) is 22.0 Å². The molecule has 8 heteroatoms. The van der Waals surface area contributed by atoms with Crippen molar-refractivity contribution in [3.05, 3.63) is 28.8 Å². The van der Waals surface area contributed by atoms with Gasteiger partial charge in [0.25, 0.3) is 0 Å². The second-order valence-electron chi connectivity index (χ2n) is 4.43. The van der Waals surface area contributed by atoms with Gasteiger partial charge in [0.2, 0.25) is 15.9 Å². The first-order chi connectivity index (χ1) is 9.37. The summed E-state index contributed by atoms with van der Waals surface area (Å²) in [4.78, 5) is 11.3. The lowest BCUT2D eigenvalue weighted by atomic mass is 10.2. The number of halogens is 1. The van der Waals surface area contributed by atoms with Gasteiger partial charge < -0.3 is 5.73 Å². The predicted octanol–water partition coefficient (Wildman–Crippen LogP) is 0.850. The fourth-order valence-corrected chi connectivity index (χ4v) is 4.17. The van der Waals surface area contributed by atoms with Gasteiger partial charge in [-0.3, -0.25) is 4.79 Å². The van der Waals surface area contributed by atoms with Gasteiger partial charge in [-0.05, 0) is 31.0 Å². The van der Waals surface area contributed by atoms with E-state index < -0.39 is 22.0 Å². The van der Waals surface area contributed by atoms with Crippen molar-refractivity contribution < 1.29 is 13.2 Å². The summed E-state index contributed by atoms with van der Waals surface area (Å²) < 4.78 is 26.0. The molecule has 6 nitrogen and oxygen atoms in total. The van der Waals surface area contributed by atoms with Gasteiger partial charge in [0.1, 0.15) is 12.1 Å². The van der Waals surface area contributed by atoms with Crippen LogP contribution in [0.4, 0.5) is 0 Å². The van der Waals surface area contributed by atoms with Crippen molar-refractivity contribution in [2.45, 2.75) is 23.8 Å². The first kappa shape index (κ1) is 14.8. The number of amides is 1. The molecule has 0 radical (unpaired) electrons. The van der Waals surface area contributed by atoms with Gasteiger partial charge in [-0.1, -0.05) is 11.6 Å². The van der Waals surface area contributed by atoms with Crippen LogP contribution in [0.3, 0.4) is 0 Å². The molecule has 2 N–H and O–H groups in total. The van der Waals surface area contributed by atoms with E-state index in [0.717, 1.165) is 4.31 Å². The van der Waals surface area contributed by atoms with Crippen molar-refractivity contribution in [2.24, 2.45) is 5.73 Å². The van der Waals surface area contributed by atoms with Crippen molar-refractivity contribution in [3.63, 3.8) is 0 Å². The number of carbonyl (C=O) groups is 1. The summed E-state index contributed by atoms with van der Waals surface area (Å²) in [5.74, 6) is -0.661. The predicted molar refractivity (Wildman–Crippen MR) is 72.3 cm³/mol. The third-order valence-electron chi connectivity index (χ3n) is 3.20. The van der Waals surface area contributed by atoms with Crippen molar-refractivity contribution in [3.8, 4) is 6.07 Å². The molecule has 1 aliphatic heterocycles. The summed E-state index contributed by atoms with van der Waals surface area (Å²) >= 11 is 5.84. The van der Waals surface area contributed by atoms with Crippen LogP contribution in [0.1, 0.15) is 18.4 Å². The number of rotatable bonds is 3. The lowest BCUT2D eigenvalue weighted by Crippen LogP contribution is -2.43. The molecule has 1 heterocycles. The van der Waals surface area contributed by atoms with Gasteiger partial charge in [-0.15, -0.1) is 0 Å². The Balaban J connectivity index is 2.43. The fourth-order valence-electron chi connectivity index (χ4n) is 2.19. The minimum Gasteiger partial charge on any atom is -0.368 e. The third-order valence-corrected chi connectivity index (χ3v) is 5.42. The Labute approximate surface area is 121 Å². The van der Waals surface area contributed by atoms with Crippen LogP contribution in [0.15, 0.2) is 23.1 Å². The molecule has 1 amide bonds. The summed E-state index contributed by atoms with van der Waals surface area (Å²) in [6, 6.07) is 4.89.